The summed E-state index contributed by atoms with van der Waals surface area (Å²) in [5.74, 6) is -1.63. The van der Waals surface area contributed by atoms with Crippen molar-refractivity contribution >= 4 is 40.3 Å². The molecule has 14 heteroatoms. The minimum absolute atomic E-state index is 0.0323. The van der Waals surface area contributed by atoms with E-state index in [9.17, 15) is 29.3 Å². The predicted octanol–water partition coefficient (Wildman–Crippen LogP) is 2.57. The van der Waals surface area contributed by atoms with Gasteiger partial charge >= 0.3 is 11.9 Å². The molecule has 3 N–H and O–H groups in total. The van der Waals surface area contributed by atoms with E-state index in [1.807, 2.05) is 38.1 Å². The van der Waals surface area contributed by atoms with Gasteiger partial charge in [-0.15, -0.1) is 0 Å². The van der Waals surface area contributed by atoms with Crippen molar-refractivity contribution in [1.82, 2.24) is 24.7 Å². The summed E-state index contributed by atoms with van der Waals surface area (Å²) in [6.45, 7) is 8.75. The molecule has 2 aromatic carbocycles. The number of imidazole rings is 1. The van der Waals surface area contributed by atoms with Gasteiger partial charge in [0, 0.05) is 75.0 Å². The molecule has 1 amide bonds. The standard InChI is InChI=1S/C26H32N6O4.C4H4O4/c1-19(2)27-26(34)18-30-15-13-29(14-16-30)17-25-28-22-5-3-4-6-23(22)31(25)12-11-24(33)20-7-9-21(10-8-20)32(35)36;5-3(6)1-2-4(7)8/h3-10,19H,11-18H2,1-2H3,(H,27,34);1-2H,(H,5,6)(H,7,8)/b;2-1-. The molecule has 0 atom stereocenters. The fourth-order valence-electron chi connectivity index (χ4n) is 4.64. The van der Waals surface area contributed by atoms with Gasteiger partial charge in [0.1, 0.15) is 5.82 Å². The Morgan fingerprint density at radius 2 is 1.55 bits per heavy atom. The van der Waals surface area contributed by atoms with Crippen LogP contribution < -0.4 is 5.32 Å². The molecule has 0 unspecified atom stereocenters. The first-order valence-corrected chi connectivity index (χ1v) is 14.0. The largest absolute Gasteiger partial charge is 0.478 e. The third kappa shape index (κ3) is 10.4. The molecule has 1 aliphatic rings. The van der Waals surface area contributed by atoms with Crippen LogP contribution >= 0.6 is 0 Å². The number of nitro benzene ring substituents is 1. The summed E-state index contributed by atoms with van der Waals surface area (Å²) >= 11 is 0. The first-order chi connectivity index (χ1) is 20.9. The molecule has 2 heterocycles. The Hall–Kier alpha value is -4.95. The molecule has 0 spiro atoms. The number of carbonyl (C=O) groups is 4. The van der Waals surface area contributed by atoms with Crippen LogP contribution in [0, 0.1) is 10.1 Å². The maximum absolute atomic E-state index is 12.8. The number of benzene rings is 2. The van der Waals surface area contributed by atoms with Crippen LogP contribution in [-0.2, 0) is 27.5 Å². The Balaban J connectivity index is 0.000000583. The van der Waals surface area contributed by atoms with Crippen LogP contribution in [0.3, 0.4) is 0 Å². The molecule has 1 fully saturated rings. The molecule has 3 aromatic rings. The molecular formula is C30H36N6O8. The van der Waals surface area contributed by atoms with Crippen LogP contribution in [-0.4, -0.2) is 96.9 Å². The summed E-state index contributed by atoms with van der Waals surface area (Å²) in [7, 11) is 0. The lowest BCUT2D eigenvalue weighted by Gasteiger charge is -2.34. The number of non-ortho nitro benzene ring substituents is 1. The van der Waals surface area contributed by atoms with E-state index in [-0.39, 0.29) is 29.8 Å². The molecule has 1 aromatic heterocycles. The number of ketones is 1. The van der Waals surface area contributed by atoms with Gasteiger partial charge < -0.3 is 20.1 Å². The number of amides is 1. The van der Waals surface area contributed by atoms with Crippen LogP contribution in [0.2, 0.25) is 0 Å². The quantitative estimate of drug-likeness (QED) is 0.119. The Kier molecular flexibility index (Phi) is 12.2. The van der Waals surface area contributed by atoms with E-state index in [2.05, 4.69) is 19.7 Å². The summed E-state index contributed by atoms with van der Waals surface area (Å²) in [5.41, 5.74) is 2.30. The molecule has 0 radical (unpaired) electrons. The summed E-state index contributed by atoms with van der Waals surface area (Å²) in [5, 5.41) is 29.4. The second-order valence-electron chi connectivity index (χ2n) is 10.4. The number of nitrogens with zero attached hydrogens (tertiary/aromatic N) is 5. The fourth-order valence-corrected chi connectivity index (χ4v) is 4.64. The lowest BCUT2D eigenvalue weighted by Crippen LogP contribution is -2.49. The minimum Gasteiger partial charge on any atom is -0.478 e. The van der Waals surface area contributed by atoms with Crippen LogP contribution in [0.1, 0.15) is 36.5 Å². The monoisotopic (exact) mass is 608 g/mol. The van der Waals surface area contributed by atoms with E-state index in [1.165, 1.54) is 24.3 Å². The number of nitrogens with one attached hydrogen (secondary N) is 1. The van der Waals surface area contributed by atoms with Gasteiger partial charge in [-0.2, -0.15) is 0 Å². The lowest BCUT2D eigenvalue weighted by atomic mass is 10.1. The number of nitro groups is 1. The van der Waals surface area contributed by atoms with E-state index in [0.29, 0.717) is 37.3 Å². The molecular weight excluding hydrogens is 572 g/mol. The van der Waals surface area contributed by atoms with Crippen LogP contribution in [0.4, 0.5) is 5.69 Å². The zero-order valence-electron chi connectivity index (χ0n) is 24.6. The van der Waals surface area contributed by atoms with E-state index in [4.69, 9.17) is 15.2 Å². The van der Waals surface area contributed by atoms with Crippen molar-refractivity contribution in [3.63, 3.8) is 0 Å². The highest BCUT2D eigenvalue weighted by atomic mass is 16.6. The number of carbonyl (C=O) groups excluding carboxylic acids is 2. The van der Waals surface area contributed by atoms with Gasteiger partial charge in [-0.3, -0.25) is 29.5 Å². The van der Waals surface area contributed by atoms with E-state index < -0.39 is 16.9 Å². The number of carboxylic acids is 2. The second kappa shape index (κ2) is 16.0. The molecule has 234 valence electrons. The van der Waals surface area contributed by atoms with Crippen molar-refractivity contribution in [2.75, 3.05) is 32.7 Å². The number of aromatic nitrogens is 2. The van der Waals surface area contributed by atoms with Crippen LogP contribution in [0.15, 0.2) is 60.7 Å². The minimum atomic E-state index is -1.26. The number of rotatable bonds is 12. The fraction of sp³-hybridized carbons (Fsp3) is 0.367. The van der Waals surface area contributed by atoms with Crippen molar-refractivity contribution in [3.8, 4) is 0 Å². The summed E-state index contributed by atoms with van der Waals surface area (Å²) in [6.07, 6.45) is 1.38. The van der Waals surface area contributed by atoms with Gasteiger partial charge in [0.2, 0.25) is 5.91 Å². The van der Waals surface area contributed by atoms with Crippen molar-refractivity contribution < 1.29 is 34.3 Å². The van der Waals surface area contributed by atoms with Gasteiger partial charge in [0.15, 0.2) is 5.78 Å². The molecule has 0 aliphatic carbocycles. The molecule has 44 heavy (non-hydrogen) atoms. The van der Waals surface area contributed by atoms with Crippen LogP contribution in [0.25, 0.3) is 11.0 Å². The first kappa shape index (κ1) is 33.6. The third-order valence-corrected chi connectivity index (χ3v) is 6.71. The normalized spacial score (nSPS) is 13.9. The average Bonchev–Trinajstić information content (AvgIpc) is 3.32. The number of aryl methyl sites for hydroxylation is 1. The van der Waals surface area contributed by atoms with Gasteiger partial charge in [-0.1, -0.05) is 12.1 Å². The highest BCUT2D eigenvalue weighted by molar-refractivity contribution is 5.96. The number of aliphatic carboxylic acids is 2. The molecule has 0 saturated carbocycles. The summed E-state index contributed by atoms with van der Waals surface area (Å²) in [4.78, 5) is 63.7. The average molecular weight is 609 g/mol. The Labute approximate surface area is 253 Å². The van der Waals surface area contributed by atoms with Gasteiger partial charge in [0.25, 0.3) is 5.69 Å². The number of carboxylic acid groups (broad SMARTS) is 2. The van der Waals surface area contributed by atoms with E-state index in [1.54, 1.807) is 0 Å². The molecule has 4 rings (SSSR count). The summed E-state index contributed by atoms with van der Waals surface area (Å²) < 4.78 is 2.10. The second-order valence-corrected chi connectivity index (χ2v) is 10.4. The Morgan fingerprint density at radius 3 is 2.11 bits per heavy atom. The maximum Gasteiger partial charge on any atom is 0.328 e. The van der Waals surface area contributed by atoms with Crippen molar-refractivity contribution in [2.45, 2.75) is 39.4 Å². The van der Waals surface area contributed by atoms with Gasteiger partial charge in [-0.25, -0.2) is 14.6 Å². The van der Waals surface area contributed by atoms with Crippen molar-refractivity contribution in [1.29, 1.82) is 0 Å². The van der Waals surface area contributed by atoms with Gasteiger partial charge in [-0.05, 0) is 38.1 Å². The topological polar surface area (TPSA) is 188 Å². The first-order valence-electron chi connectivity index (χ1n) is 14.0. The smallest absolute Gasteiger partial charge is 0.328 e. The number of para-hydroxylation sites is 2. The molecule has 14 nitrogen and oxygen atoms in total. The zero-order valence-corrected chi connectivity index (χ0v) is 24.6. The number of hydrogen-bond donors (Lipinski definition) is 3. The SMILES string of the molecule is CC(C)NC(=O)CN1CCN(Cc2nc3ccccc3n2CCC(=O)c2ccc([N+](=O)[O-])cc2)CC1.O=C(O)/C=C\C(=O)O. The number of piperazine rings is 1. The zero-order chi connectivity index (χ0) is 32.2. The predicted molar refractivity (Wildman–Crippen MR) is 161 cm³/mol. The van der Waals surface area contributed by atoms with Crippen molar-refractivity contribution in [3.05, 3.63) is 82.2 Å². The molecule has 1 aliphatic heterocycles. The van der Waals surface area contributed by atoms with E-state index >= 15 is 0 Å². The maximum atomic E-state index is 12.8. The van der Waals surface area contributed by atoms with Crippen molar-refractivity contribution in [2.24, 2.45) is 0 Å². The Morgan fingerprint density at radius 1 is 0.955 bits per heavy atom. The third-order valence-electron chi connectivity index (χ3n) is 6.71. The highest BCUT2D eigenvalue weighted by Gasteiger charge is 2.22. The number of fused-ring (bicyclic) bond motifs is 1. The number of Topliss-reactive ketones (excluding diaryl/α,β-unsaturated/α-hetero) is 1. The Bertz CT molecular complexity index is 1490. The summed E-state index contributed by atoms with van der Waals surface area (Å²) in [6, 6.07) is 13.8. The molecule has 0 bridgehead atoms. The number of hydrogen-bond acceptors (Lipinski definition) is 9. The van der Waals surface area contributed by atoms with E-state index in [0.717, 1.165) is 43.0 Å². The molecule has 1 saturated heterocycles. The highest BCUT2D eigenvalue weighted by Crippen LogP contribution is 2.20. The van der Waals surface area contributed by atoms with Crippen LogP contribution in [0.5, 0.6) is 0 Å². The lowest BCUT2D eigenvalue weighted by molar-refractivity contribution is -0.384. The van der Waals surface area contributed by atoms with Gasteiger partial charge in [0.05, 0.1) is 29.0 Å².